The van der Waals surface area contributed by atoms with Gasteiger partial charge in [-0.1, -0.05) is 13.0 Å². The lowest BCUT2D eigenvalue weighted by Crippen LogP contribution is -2.40. The standard InChI is InChI=1S/C23H30N4O3/c1-5-13-24-21(29)16-9-11-18(12-10-16)26-20(28)15-25-19-8-6-7-17(14-19)22(30)27-23(2,3)4/h6-12,14,25H,5,13,15H2,1-4H3,(H,24,29)(H,26,28)(H,27,30). The first-order chi connectivity index (χ1) is 14.2. The number of nitrogens with one attached hydrogen (secondary N) is 4. The second kappa shape index (κ2) is 10.4. The van der Waals surface area contributed by atoms with E-state index in [-0.39, 0.29) is 29.8 Å². The quantitative estimate of drug-likeness (QED) is 0.536. The Bertz CT molecular complexity index is 886. The Morgan fingerprint density at radius 3 is 2.20 bits per heavy atom. The molecule has 4 N–H and O–H groups in total. The summed E-state index contributed by atoms with van der Waals surface area (Å²) in [5.74, 6) is -0.534. The van der Waals surface area contributed by atoms with Crippen LogP contribution in [0.4, 0.5) is 11.4 Å². The average molecular weight is 411 g/mol. The van der Waals surface area contributed by atoms with Gasteiger partial charge < -0.3 is 21.3 Å². The normalized spacial score (nSPS) is 10.8. The van der Waals surface area contributed by atoms with E-state index in [4.69, 9.17) is 0 Å². The van der Waals surface area contributed by atoms with Crippen molar-refractivity contribution in [3.8, 4) is 0 Å². The fourth-order valence-electron chi connectivity index (χ4n) is 2.62. The van der Waals surface area contributed by atoms with E-state index < -0.39 is 0 Å². The zero-order chi connectivity index (χ0) is 22.1. The molecule has 7 heteroatoms. The number of hydrogen-bond donors (Lipinski definition) is 4. The summed E-state index contributed by atoms with van der Waals surface area (Å²) in [6.07, 6.45) is 0.872. The van der Waals surface area contributed by atoms with Crippen molar-refractivity contribution in [2.24, 2.45) is 0 Å². The minimum atomic E-state index is -0.327. The molecule has 3 amide bonds. The van der Waals surface area contributed by atoms with Gasteiger partial charge >= 0.3 is 0 Å². The van der Waals surface area contributed by atoms with Crippen molar-refractivity contribution < 1.29 is 14.4 Å². The van der Waals surface area contributed by atoms with Crippen LogP contribution in [0.2, 0.25) is 0 Å². The van der Waals surface area contributed by atoms with Crippen molar-refractivity contribution in [3.05, 3.63) is 59.7 Å². The summed E-state index contributed by atoms with van der Waals surface area (Å²) in [5.41, 5.74) is 2.02. The van der Waals surface area contributed by atoms with Gasteiger partial charge in [-0.15, -0.1) is 0 Å². The van der Waals surface area contributed by atoms with E-state index in [0.717, 1.165) is 6.42 Å². The van der Waals surface area contributed by atoms with Crippen LogP contribution in [-0.4, -0.2) is 36.3 Å². The molecule has 0 aliphatic rings. The number of carbonyl (C=O) groups excluding carboxylic acids is 3. The lowest BCUT2D eigenvalue weighted by molar-refractivity contribution is -0.114. The van der Waals surface area contributed by atoms with E-state index >= 15 is 0 Å². The van der Waals surface area contributed by atoms with Crippen LogP contribution in [0.1, 0.15) is 54.8 Å². The third kappa shape index (κ3) is 7.58. The maximum absolute atomic E-state index is 12.3. The van der Waals surface area contributed by atoms with Crippen LogP contribution in [0, 0.1) is 0 Å². The number of anilines is 2. The second-order valence-corrected chi connectivity index (χ2v) is 8.02. The second-order valence-electron chi connectivity index (χ2n) is 8.02. The highest BCUT2D eigenvalue weighted by Gasteiger charge is 2.15. The zero-order valence-corrected chi connectivity index (χ0v) is 18.0. The van der Waals surface area contributed by atoms with E-state index in [1.807, 2.05) is 27.7 Å². The van der Waals surface area contributed by atoms with Crippen molar-refractivity contribution in [1.82, 2.24) is 10.6 Å². The maximum atomic E-state index is 12.3. The molecule has 0 radical (unpaired) electrons. The fourth-order valence-corrected chi connectivity index (χ4v) is 2.62. The van der Waals surface area contributed by atoms with Gasteiger partial charge in [0.15, 0.2) is 0 Å². The highest BCUT2D eigenvalue weighted by Crippen LogP contribution is 2.13. The first kappa shape index (κ1) is 22.9. The molecule has 0 saturated carbocycles. The molecule has 0 bridgehead atoms. The molecule has 0 atom stereocenters. The number of amides is 3. The number of rotatable bonds is 8. The summed E-state index contributed by atoms with van der Waals surface area (Å²) in [7, 11) is 0. The van der Waals surface area contributed by atoms with Gasteiger partial charge in [0.1, 0.15) is 0 Å². The van der Waals surface area contributed by atoms with Crippen molar-refractivity contribution >= 4 is 29.1 Å². The van der Waals surface area contributed by atoms with Crippen LogP contribution >= 0.6 is 0 Å². The molecule has 7 nitrogen and oxygen atoms in total. The smallest absolute Gasteiger partial charge is 0.251 e. The lowest BCUT2D eigenvalue weighted by atomic mass is 10.1. The van der Waals surface area contributed by atoms with E-state index in [2.05, 4.69) is 21.3 Å². The molecule has 160 valence electrons. The van der Waals surface area contributed by atoms with Crippen LogP contribution < -0.4 is 21.3 Å². The van der Waals surface area contributed by atoms with Crippen molar-refractivity contribution in [2.75, 3.05) is 23.7 Å². The summed E-state index contributed by atoms with van der Waals surface area (Å²) in [6.45, 7) is 8.42. The molecular weight excluding hydrogens is 380 g/mol. The van der Waals surface area contributed by atoms with Crippen LogP contribution in [0.3, 0.4) is 0 Å². The van der Waals surface area contributed by atoms with Gasteiger partial charge in [0, 0.05) is 34.6 Å². The molecule has 0 fully saturated rings. The first-order valence-electron chi connectivity index (χ1n) is 10.0. The molecular formula is C23H30N4O3. The SMILES string of the molecule is CCCNC(=O)c1ccc(NC(=O)CNc2cccc(C(=O)NC(C)(C)C)c2)cc1. The molecule has 30 heavy (non-hydrogen) atoms. The Hall–Kier alpha value is -3.35. The summed E-state index contributed by atoms with van der Waals surface area (Å²) in [6, 6.07) is 13.7. The van der Waals surface area contributed by atoms with Crippen LogP contribution in [-0.2, 0) is 4.79 Å². The fraction of sp³-hybridized carbons (Fsp3) is 0.348. The highest BCUT2D eigenvalue weighted by atomic mass is 16.2. The van der Waals surface area contributed by atoms with Crippen LogP contribution in [0.25, 0.3) is 0 Å². The summed E-state index contributed by atoms with van der Waals surface area (Å²) in [5, 5.41) is 11.5. The molecule has 0 aliphatic heterocycles. The molecule has 2 aromatic carbocycles. The van der Waals surface area contributed by atoms with Gasteiger partial charge in [-0.25, -0.2) is 0 Å². The van der Waals surface area contributed by atoms with E-state index in [9.17, 15) is 14.4 Å². The predicted molar refractivity (Wildman–Crippen MR) is 120 cm³/mol. The van der Waals surface area contributed by atoms with Crippen LogP contribution in [0.5, 0.6) is 0 Å². The van der Waals surface area contributed by atoms with Gasteiger partial charge in [-0.3, -0.25) is 14.4 Å². The molecule has 0 heterocycles. The van der Waals surface area contributed by atoms with Crippen LogP contribution in [0.15, 0.2) is 48.5 Å². The van der Waals surface area contributed by atoms with E-state index in [0.29, 0.717) is 29.0 Å². The van der Waals surface area contributed by atoms with Crippen molar-refractivity contribution in [2.45, 2.75) is 39.7 Å². The topological polar surface area (TPSA) is 99.3 Å². The zero-order valence-electron chi connectivity index (χ0n) is 18.0. The molecule has 0 saturated heterocycles. The number of carbonyl (C=O) groups is 3. The average Bonchev–Trinajstić information content (AvgIpc) is 2.70. The van der Waals surface area contributed by atoms with Gasteiger partial charge in [0.2, 0.25) is 5.91 Å². The number of hydrogen-bond acceptors (Lipinski definition) is 4. The monoisotopic (exact) mass is 410 g/mol. The molecule has 0 unspecified atom stereocenters. The molecule has 2 aromatic rings. The van der Waals surface area contributed by atoms with E-state index in [1.165, 1.54) is 0 Å². The Morgan fingerprint density at radius 2 is 1.57 bits per heavy atom. The third-order valence-corrected chi connectivity index (χ3v) is 4.03. The highest BCUT2D eigenvalue weighted by molar-refractivity contribution is 5.97. The Kier molecular flexibility index (Phi) is 7.98. The minimum Gasteiger partial charge on any atom is -0.376 e. The Labute approximate surface area is 177 Å². The van der Waals surface area contributed by atoms with Gasteiger partial charge in [-0.05, 0) is 69.7 Å². The third-order valence-electron chi connectivity index (χ3n) is 4.03. The summed E-state index contributed by atoms with van der Waals surface area (Å²) >= 11 is 0. The summed E-state index contributed by atoms with van der Waals surface area (Å²) in [4.78, 5) is 36.4. The summed E-state index contributed by atoms with van der Waals surface area (Å²) < 4.78 is 0. The molecule has 0 aromatic heterocycles. The van der Waals surface area contributed by atoms with Gasteiger partial charge in [-0.2, -0.15) is 0 Å². The number of benzene rings is 2. The van der Waals surface area contributed by atoms with Crippen molar-refractivity contribution in [1.29, 1.82) is 0 Å². The largest absolute Gasteiger partial charge is 0.376 e. The van der Waals surface area contributed by atoms with E-state index in [1.54, 1.807) is 48.5 Å². The lowest BCUT2D eigenvalue weighted by Gasteiger charge is -2.20. The molecule has 0 aliphatic carbocycles. The van der Waals surface area contributed by atoms with Gasteiger partial charge in [0.25, 0.3) is 11.8 Å². The predicted octanol–water partition coefficient (Wildman–Crippen LogP) is 3.41. The molecule has 0 spiro atoms. The minimum absolute atomic E-state index is 0.0447. The maximum Gasteiger partial charge on any atom is 0.251 e. The molecule has 2 rings (SSSR count). The van der Waals surface area contributed by atoms with Gasteiger partial charge in [0.05, 0.1) is 6.54 Å². The Morgan fingerprint density at radius 1 is 0.867 bits per heavy atom. The first-order valence-corrected chi connectivity index (χ1v) is 10.0. The van der Waals surface area contributed by atoms with Crippen molar-refractivity contribution in [3.63, 3.8) is 0 Å². The Balaban J connectivity index is 1.88.